The predicted octanol–water partition coefficient (Wildman–Crippen LogP) is 2.68. The number of rotatable bonds is 11. The molecule has 0 fully saturated rings. The molecule has 0 saturated heterocycles. The molecule has 9 heteroatoms. The Kier molecular flexibility index (Phi) is 7.77. The molecule has 0 saturated carbocycles. The van der Waals surface area contributed by atoms with Crippen LogP contribution in [-0.2, 0) is 9.59 Å². The molecule has 0 heterocycles. The van der Waals surface area contributed by atoms with E-state index in [1.54, 1.807) is 36.4 Å². The molecule has 0 unspecified atom stereocenters. The average molecular weight is 386 g/mol. The van der Waals surface area contributed by atoms with Crippen molar-refractivity contribution in [3.8, 4) is 5.75 Å². The van der Waals surface area contributed by atoms with Crippen molar-refractivity contribution in [1.82, 2.24) is 0 Å². The third-order valence-electron chi connectivity index (χ3n) is 3.76. The van der Waals surface area contributed by atoms with Gasteiger partial charge >= 0.3 is 0 Å². The second-order valence-corrected chi connectivity index (χ2v) is 5.94. The molecule has 0 aliphatic carbocycles. The van der Waals surface area contributed by atoms with E-state index in [4.69, 9.17) is 10.5 Å². The van der Waals surface area contributed by atoms with Gasteiger partial charge < -0.3 is 21.1 Å². The quantitative estimate of drug-likeness (QED) is 0.308. The van der Waals surface area contributed by atoms with Gasteiger partial charge in [0.2, 0.25) is 11.8 Å². The van der Waals surface area contributed by atoms with Crippen LogP contribution in [0.1, 0.15) is 19.3 Å². The number of amides is 2. The molecule has 0 radical (unpaired) electrons. The van der Waals surface area contributed by atoms with Crippen LogP contribution in [0.2, 0.25) is 0 Å². The minimum Gasteiger partial charge on any atom is -0.491 e. The standard InChI is InChI=1S/C19H22N4O5/c20-18(24)11-13-28-17-5-2-1-4-16(17)22-19(25)6-3-12-21-14-7-9-15(10-8-14)23(26)27/h1-2,4-5,7-10,21H,3,6,11-13H2,(H2,20,24)(H,22,25). The molecule has 0 aliphatic heterocycles. The molecule has 148 valence electrons. The number of para-hydroxylation sites is 2. The Morgan fingerprint density at radius 3 is 2.46 bits per heavy atom. The van der Waals surface area contributed by atoms with Crippen molar-refractivity contribution in [2.75, 3.05) is 23.8 Å². The lowest BCUT2D eigenvalue weighted by atomic mass is 10.2. The Labute approximate surface area is 162 Å². The summed E-state index contributed by atoms with van der Waals surface area (Å²) >= 11 is 0. The molecule has 0 atom stereocenters. The summed E-state index contributed by atoms with van der Waals surface area (Å²) in [6.07, 6.45) is 0.958. The molecule has 0 aliphatic rings. The van der Waals surface area contributed by atoms with Gasteiger partial charge in [0.1, 0.15) is 5.75 Å². The van der Waals surface area contributed by atoms with E-state index in [-0.39, 0.29) is 31.0 Å². The number of nitro benzene ring substituents is 1. The Morgan fingerprint density at radius 1 is 1.07 bits per heavy atom. The van der Waals surface area contributed by atoms with Crippen molar-refractivity contribution < 1.29 is 19.2 Å². The van der Waals surface area contributed by atoms with E-state index in [1.807, 2.05) is 0 Å². The van der Waals surface area contributed by atoms with Crippen LogP contribution >= 0.6 is 0 Å². The van der Waals surface area contributed by atoms with Gasteiger partial charge in [0.05, 0.1) is 23.6 Å². The van der Waals surface area contributed by atoms with E-state index >= 15 is 0 Å². The molecule has 0 bridgehead atoms. The number of nitrogens with one attached hydrogen (secondary N) is 2. The monoisotopic (exact) mass is 386 g/mol. The normalized spacial score (nSPS) is 10.1. The van der Waals surface area contributed by atoms with E-state index in [0.717, 1.165) is 5.69 Å². The lowest BCUT2D eigenvalue weighted by molar-refractivity contribution is -0.384. The number of hydrogen-bond acceptors (Lipinski definition) is 6. The van der Waals surface area contributed by atoms with Crippen LogP contribution in [0.15, 0.2) is 48.5 Å². The molecule has 0 spiro atoms. The maximum Gasteiger partial charge on any atom is 0.269 e. The van der Waals surface area contributed by atoms with Crippen molar-refractivity contribution >= 4 is 28.9 Å². The molecular formula is C19H22N4O5. The van der Waals surface area contributed by atoms with Crippen LogP contribution in [0.3, 0.4) is 0 Å². The summed E-state index contributed by atoms with van der Waals surface area (Å²) < 4.78 is 5.48. The van der Waals surface area contributed by atoms with Crippen molar-refractivity contribution in [2.24, 2.45) is 5.73 Å². The molecule has 0 aromatic heterocycles. The molecule has 2 amide bonds. The second-order valence-electron chi connectivity index (χ2n) is 5.94. The molecule has 9 nitrogen and oxygen atoms in total. The van der Waals surface area contributed by atoms with Gasteiger partial charge in [-0.15, -0.1) is 0 Å². The summed E-state index contributed by atoms with van der Waals surface area (Å²) in [6, 6.07) is 13.0. The van der Waals surface area contributed by atoms with Gasteiger partial charge in [-0.25, -0.2) is 0 Å². The SMILES string of the molecule is NC(=O)CCOc1ccccc1NC(=O)CCCNc1ccc([N+](=O)[O-])cc1. The van der Waals surface area contributed by atoms with Gasteiger partial charge in [-0.2, -0.15) is 0 Å². The van der Waals surface area contributed by atoms with Crippen molar-refractivity contribution in [3.63, 3.8) is 0 Å². The molecule has 28 heavy (non-hydrogen) atoms. The number of primary amides is 1. The van der Waals surface area contributed by atoms with Crippen LogP contribution < -0.4 is 21.1 Å². The topological polar surface area (TPSA) is 137 Å². The molecule has 2 aromatic rings. The summed E-state index contributed by atoms with van der Waals surface area (Å²) in [5.74, 6) is -0.153. The van der Waals surface area contributed by atoms with E-state index < -0.39 is 10.8 Å². The fraction of sp³-hybridized carbons (Fsp3) is 0.263. The number of carbonyl (C=O) groups excluding carboxylic acids is 2. The van der Waals surface area contributed by atoms with Crippen molar-refractivity contribution in [1.29, 1.82) is 0 Å². The first-order chi connectivity index (χ1) is 13.5. The fourth-order valence-corrected chi connectivity index (χ4v) is 2.35. The van der Waals surface area contributed by atoms with E-state index in [1.165, 1.54) is 12.1 Å². The highest BCUT2D eigenvalue weighted by Gasteiger charge is 2.08. The van der Waals surface area contributed by atoms with Gasteiger partial charge in [0.25, 0.3) is 5.69 Å². The summed E-state index contributed by atoms with van der Waals surface area (Å²) in [4.78, 5) is 33.1. The zero-order valence-corrected chi connectivity index (χ0v) is 15.2. The molecule has 4 N–H and O–H groups in total. The van der Waals surface area contributed by atoms with Gasteiger partial charge in [-0.1, -0.05) is 12.1 Å². The summed E-state index contributed by atoms with van der Waals surface area (Å²) in [6.45, 7) is 0.684. The third kappa shape index (κ3) is 6.94. The number of ether oxygens (including phenoxy) is 1. The zero-order chi connectivity index (χ0) is 20.4. The number of nitrogens with zero attached hydrogens (tertiary/aromatic N) is 1. The fourth-order valence-electron chi connectivity index (χ4n) is 2.35. The van der Waals surface area contributed by atoms with E-state index in [0.29, 0.717) is 24.4 Å². The molecular weight excluding hydrogens is 364 g/mol. The highest BCUT2D eigenvalue weighted by molar-refractivity contribution is 5.92. The van der Waals surface area contributed by atoms with Gasteiger partial charge in [-0.05, 0) is 30.7 Å². The first kappa shape index (κ1) is 20.7. The minimum absolute atomic E-state index is 0.0293. The second kappa shape index (κ2) is 10.5. The van der Waals surface area contributed by atoms with Crippen LogP contribution in [0, 0.1) is 10.1 Å². The number of carbonyl (C=O) groups is 2. The summed E-state index contributed by atoms with van der Waals surface area (Å²) in [7, 11) is 0. The maximum atomic E-state index is 12.1. The lowest BCUT2D eigenvalue weighted by Crippen LogP contribution is -2.16. The lowest BCUT2D eigenvalue weighted by Gasteiger charge is -2.12. The van der Waals surface area contributed by atoms with Gasteiger partial charge in [-0.3, -0.25) is 19.7 Å². The van der Waals surface area contributed by atoms with E-state index in [2.05, 4.69) is 10.6 Å². The van der Waals surface area contributed by atoms with Crippen LogP contribution in [-0.4, -0.2) is 29.9 Å². The first-order valence-corrected chi connectivity index (χ1v) is 8.74. The van der Waals surface area contributed by atoms with Crippen LogP contribution in [0.25, 0.3) is 0 Å². The number of anilines is 2. The number of nitrogens with two attached hydrogens (primary N) is 1. The van der Waals surface area contributed by atoms with Crippen LogP contribution in [0.5, 0.6) is 5.75 Å². The smallest absolute Gasteiger partial charge is 0.269 e. The third-order valence-corrected chi connectivity index (χ3v) is 3.76. The Bertz CT molecular complexity index is 823. The van der Waals surface area contributed by atoms with E-state index in [9.17, 15) is 19.7 Å². The predicted molar refractivity (Wildman–Crippen MR) is 105 cm³/mol. The molecule has 2 rings (SSSR count). The first-order valence-electron chi connectivity index (χ1n) is 8.74. The van der Waals surface area contributed by atoms with Gasteiger partial charge in [0.15, 0.2) is 0 Å². The highest BCUT2D eigenvalue weighted by Crippen LogP contribution is 2.24. The minimum atomic E-state index is -0.456. The Hall–Kier alpha value is -3.62. The average Bonchev–Trinajstić information content (AvgIpc) is 2.66. The number of hydrogen-bond donors (Lipinski definition) is 3. The molecule has 2 aromatic carbocycles. The Balaban J connectivity index is 1.75. The van der Waals surface area contributed by atoms with Crippen molar-refractivity contribution in [3.05, 3.63) is 58.6 Å². The maximum absolute atomic E-state index is 12.1. The number of benzene rings is 2. The van der Waals surface area contributed by atoms with Crippen LogP contribution in [0.4, 0.5) is 17.1 Å². The van der Waals surface area contributed by atoms with Crippen molar-refractivity contribution in [2.45, 2.75) is 19.3 Å². The summed E-state index contributed by atoms with van der Waals surface area (Å²) in [5, 5.41) is 16.5. The number of non-ortho nitro benzene ring substituents is 1. The summed E-state index contributed by atoms with van der Waals surface area (Å²) in [5.41, 5.74) is 6.39. The highest BCUT2D eigenvalue weighted by atomic mass is 16.6. The van der Waals surface area contributed by atoms with Gasteiger partial charge in [0, 0.05) is 30.8 Å². The number of nitro groups is 1. The Morgan fingerprint density at radius 2 is 1.79 bits per heavy atom. The largest absolute Gasteiger partial charge is 0.491 e. The zero-order valence-electron chi connectivity index (χ0n) is 15.2.